The van der Waals surface area contributed by atoms with E-state index >= 15 is 0 Å². The largest absolute Gasteiger partial charge is 0.280 e. The standard InChI is InChI=1S/C18H23ClFN3O2S/c1-11(2)26(24,25)23-15-8-6-12(7-9-15)17-16(19)18(22-21-17)13-4-3-5-14(20)10-13/h3-5,10-12,15,23H,6-9H2,1-2H3,(H,21,22). The number of aromatic amines is 1. The zero-order valence-corrected chi connectivity index (χ0v) is 16.4. The lowest BCUT2D eigenvalue weighted by Gasteiger charge is -2.29. The van der Waals surface area contributed by atoms with E-state index < -0.39 is 15.3 Å². The number of hydrogen-bond donors (Lipinski definition) is 2. The van der Waals surface area contributed by atoms with E-state index in [0.717, 1.165) is 31.4 Å². The molecule has 0 saturated heterocycles. The second-order valence-corrected chi connectivity index (χ2v) is 9.72. The molecule has 0 radical (unpaired) electrons. The van der Waals surface area contributed by atoms with Crippen molar-refractivity contribution in [3.63, 3.8) is 0 Å². The van der Waals surface area contributed by atoms with E-state index in [1.165, 1.54) is 12.1 Å². The van der Waals surface area contributed by atoms with Gasteiger partial charge in [-0.3, -0.25) is 5.10 Å². The number of halogens is 2. The summed E-state index contributed by atoms with van der Waals surface area (Å²) in [6.07, 6.45) is 3.13. The van der Waals surface area contributed by atoms with E-state index in [1.54, 1.807) is 26.0 Å². The molecule has 0 atom stereocenters. The van der Waals surface area contributed by atoms with Crippen molar-refractivity contribution in [3.05, 3.63) is 40.8 Å². The number of nitrogens with one attached hydrogen (secondary N) is 2. The van der Waals surface area contributed by atoms with E-state index in [2.05, 4.69) is 14.9 Å². The molecule has 5 nitrogen and oxygen atoms in total. The summed E-state index contributed by atoms with van der Waals surface area (Å²) >= 11 is 6.50. The fourth-order valence-electron chi connectivity index (χ4n) is 3.31. The van der Waals surface area contributed by atoms with Crippen LogP contribution in [0.4, 0.5) is 4.39 Å². The second kappa shape index (κ2) is 7.66. The molecule has 26 heavy (non-hydrogen) atoms. The summed E-state index contributed by atoms with van der Waals surface area (Å²) in [6.45, 7) is 3.35. The maximum atomic E-state index is 13.4. The molecule has 0 bridgehead atoms. The predicted molar refractivity (Wildman–Crippen MR) is 101 cm³/mol. The van der Waals surface area contributed by atoms with Gasteiger partial charge in [-0.1, -0.05) is 23.7 Å². The van der Waals surface area contributed by atoms with Crippen molar-refractivity contribution in [1.82, 2.24) is 14.9 Å². The Hall–Kier alpha value is -1.44. The Labute approximate surface area is 158 Å². The fraction of sp³-hybridized carbons (Fsp3) is 0.500. The van der Waals surface area contributed by atoms with Gasteiger partial charge in [-0.2, -0.15) is 5.10 Å². The van der Waals surface area contributed by atoms with Crippen molar-refractivity contribution in [3.8, 4) is 11.3 Å². The molecule has 1 fully saturated rings. The summed E-state index contributed by atoms with van der Waals surface area (Å²) < 4.78 is 40.3. The molecule has 142 valence electrons. The first kappa shape index (κ1) is 19.3. The van der Waals surface area contributed by atoms with Crippen molar-refractivity contribution >= 4 is 21.6 Å². The van der Waals surface area contributed by atoms with Crippen molar-refractivity contribution in [2.24, 2.45) is 0 Å². The number of H-pyrrole nitrogens is 1. The summed E-state index contributed by atoms with van der Waals surface area (Å²) in [7, 11) is -3.26. The third-order valence-corrected chi connectivity index (χ3v) is 7.20. The van der Waals surface area contributed by atoms with Gasteiger partial charge in [0.25, 0.3) is 0 Å². The molecule has 3 rings (SSSR count). The molecule has 1 aliphatic rings. The highest BCUT2D eigenvalue weighted by atomic mass is 35.5. The van der Waals surface area contributed by atoms with Gasteiger partial charge in [0.15, 0.2) is 0 Å². The molecular weight excluding hydrogens is 377 g/mol. The van der Waals surface area contributed by atoms with Gasteiger partial charge in [0.05, 0.1) is 16.0 Å². The van der Waals surface area contributed by atoms with Crippen LogP contribution in [-0.4, -0.2) is 29.9 Å². The Morgan fingerprint density at radius 3 is 2.58 bits per heavy atom. The Bertz CT molecular complexity index is 874. The van der Waals surface area contributed by atoms with Gasteiger partial charge in [0.1, 0.15) is 11.5 Å². The normalized spacial score (nSPS) is 21.3. The minimum Gasteiger partial charge on any atom is -0.280 e. The Morgan fingerprint density at radius 2 is 1.96 bits per heavy atom. The number of hydrogen-bond acceptors (Lipinski definition) is 3. The van der Waals surface area contributed by atoms with Crippen LogP contribution in [0.1, 0.15) is 51.1 Å². The monoisotopic (exact) mass is 399 g/mol. The van der Waals surface area contributed by atoms with Crippen LogP contribution < -0.4 is 4.72 Å². The Kier molecular flexibility index (Phi) is 5.69. The average Bonchev–Trinajstić information content (AvgIpc) is 2.97. The van der Waals surface area contributed by atoms with Crippen LogP contribution in [0.25, 0.3) is 11.3 Å². The molecule has 2 N–H and O–H groups in total. The van der Waals surface area contributed by atoms with Crippen LogP contribution >= 0.6 is 11.6 Å². The minimum absolute atomic E-state index is 0.0389. The molecule has 0 unspecified atom stereocenters. The quantitative estimate of drug-likeness (QED) is 0.790. The van der Waals surface area contributed by atoms with E-state index in [-0.39, 0.29) is 17.8 Å². The van der Waals surface area contributed by atoms with Gasteiger partial charge in [0.2, 0.25) is 10.0 Å². The summed E-state index contributed by atoms with van der Waals surface area (Å²) in [6, 6.07) is 6.14. The highest BCUT2D eigenvalue weighted by Crippen LogP contribution is 2.39. The number of rotatable bonds is 5. The lowest BCUT2D eigenvalue weighted by Crippen LogP contribution is -2.40. The maximum absolute atomic E-state index is 13.4. The van der Waals surface area contributed by atoms with Crippen LogP contribution in [0.3, 0.4) is 0 Å². The Morgan fingerprint density at radius 1 is 1.27 bits per heavy atom. The van der Waals surface area contributed by atoms with Crippen LogP contribution in [0.2, 0.25) is 5.02 Å². The second-order valence-electron chi connectivity index (χ2n) is 7.07. The number of sulfonamides is 1. The van der Waals surface area contributed by atoms with E-state index in [0.29, 0.717) is 16.3 Å². The van der Waals surface area contributed by atoms with Crippen LogP contribution in [0, 0.1) is 5.82 Å². The lowest BCUT2D eigenvalue weighted by molar-refractivity contribution is 0.369. The molecule has 0 spiro atoms. The van der Waals surface area contributed by atoms with Crippen molar-refractivity contribution in [2.45, 2.75) is 56.7 Å². The lowest BCUT2D eigenvalue weighted by atomic mass is 9.84. The fourth-order valence-corrected chi connectivity index (χ4v) is 4.63. The van der Waals surface area contributed by atoms with E-state index in [1.807, 2.05) is 0 Å². The summed E-state index contributed by atoms with van der Waals surface area (Å²) in [4.78, 5) is 0. The topological polar surface area (TPSA) is 74.8 Å². The first-order valence-corrected chi connectivity index (χ1v) is 10.7. The first-order chi connectivity index (χ1) is 12.3. The molecule has 0 aliphatic heterocycles. The van der Waals surface area contributed by atoms with Crippen LogP contribution in [0.15, 0.2) is 24.3 Å². The Balaban J connectivity index is 1.69. The molecule has 1 heterocycles. The molecule has 1 aromatic heterocycles. The van der Waals surface area contributed by atoms with Gasteiger partial charge < -0.3 is 0 Å². The third-order valence-electron chi connectivity index (χ3n) is 4.92. The van der Waals surface area contributed by atoms with Gasteiger partial charge >= 0.3 is 0 Å². The van der Waals surface area contributed by atoms with E-state index in [9.17, 15) is 12.8 Å². The highest BCUT2D eigenvalue weighted by molar-refractivity contribution is 7.90. The van der Waals surface area contributed by atoms with Crippen LogP contribution in [0.5, 0.6) is 0 Å². The van der Waals surface area contributed by atoms with Gasteiger partial charge in [0, 0.05) is 17.5 Å². The van der Waals surface area contributed by atoms with Gasteiger partial charge in [-0.25, -0.2) is 17.5 Å². The predicted octanol–water partition coefficient (Wildman–Crippen LogP) is 4.22. The number of nitrogens with zero attached hydrogens (tertiary/aromatic N) is 1. The first-order valence-electron chi connectivity index (χ1n) is 8.78. The van der Waals surface area contributed by atoms with Crippen LogP contribution in [-0.2, 0) is 10.0 Å². The molecule has 8 heteroatoms. The summed E-state index contributed by atoms with van der Waals surface area (Å²) in [5.41, 5.74) is 2.02. The van der Waals surface area contributed by atoms with E-state index in [4.69, 9.17) is 11.6 Å². The van der Waals surface area contributed by atoms with Crippen molar-refractivity contribution in [2.75, 3.05) is 0 Å². The SMILES string of the molecule is CC(C)S(=O)(=O)NC1CCC(c2[nH]nc(-c3cccc(F)c3)c2Cl)CC1. The van der Waals surface area contributed by atoms with Crippen molar-refractivity contribution in [1.29, 1.82) is 0 Å². The molecular formula is C18H23ClFN3O2S. The molecule has 2 aromatic rings. The average molecular weight is 400 g/mol. The maximum Gasteiger partial charge on any atom is 0.214 e. The molecule has 0 amide bonds. The number of aromatic nitrogens is 2. The number of benzene rings is 1. The summed E-state index contributed by atoms with van der Waals surface area (Å²) in [5.74, 6) is -0.141. The smallest absolute Gasteiger partial charge is 0.214 e. The zero-order chi connectivity index (χ0) is 18.9. The molecule has 1 saturated carbocycles. The molecule has 1 aromatic carbocycles. The third kappa shape index (κ3) is 4.10. The summed E-state index contributed by atoms with van der Waals surface area (Å²) in [5, 5.41) is 7.35. The highest BCUT2D eigenvalue weighted by Gasteiger charge is 2.29. The van der Waals surface area contributed by atoms with Crippen molar-refractivity contribution < 1.29 is 12.8 Å². The van der Waals surface area contributed by atoms with Gasteiger partial charge in [-0.05, 0) is 51.7 Å². The minimum atomic E-state index is -3.26. The zero-order valence-electron chi connectivity index (χ0n) is 14.8. The molecule has 1 aliphatic carbocycles. The van der Waals surface area contributed by atoms with Gasteiger partial charge in [-0.15, -0.1) is 0 Å².